The summed E-state index contributed by atoms with van der Waals surface area (Å²) in [5.41, 5.74) is 7.40. The highest BCUT2D eigenvalue weighted by Gasteiger charge is 2.05. The molecule has 0 aliphatic heterocycles. The van der Waals surface area contributed by atoms with Crippen molar-refractivity contribution < 1.29 is 0 Å². The summed E-state index contributed by atoms with van der Waals surface area (Å²) in [5, 5.41) is 7.82. The fourth-order valence-electron chi connectivity index (χ4n) is 1.21. The maximum atomic E-state index is 5.69. The van der Waals surface area contributed by atoms with Gasteiger partial charge in [-0.25, -0.2) is 0 Å². The number of aryl methyl sites for hydroxylation is 1. The van der Waals surface area contributed by atoms with Crippen LogP contribution in [0.15, 0.2) is 29.0 Å². The number of hydrogen-bond acceptors (Lipinski definition) is 3. The first-order valence-corrected chi connectivity index (χ1v) is 4.87. The summed E-state index contributed by atoms with van der Waals surface area (Å²) in [6, 6.07) is 5.69. The van der Waals surface area contributed by atoms with Gasteiger partial charge >= 0.3 is 0 Å². The van der Waals surface area contributed by atoms with Crippen molar-refractivity contribution in [2.75, 3.05) is 5.73 Å². The molecule has 4 nitrogen and oxygen atoms in total. The van der Waals surface area contributed by atoms with Crippen LogP contribution in [0.1, 0.15) is 0 Å². The minimum atomic E-state index is 0.718. The molecule has 0 radical (unpaired) electrons. The fourth-order valence-corrected chi connectivity index (χ4v) is 1.59. The first-order chi connectivity index (χ1) is 6.68. The van der Waals surface area contributed by atoms with Crippen LogP contribution in [0.2, 0.25) is 0 Å². The third-order valence-electron chi connectivity index (χ3n) is 1.97. The van der Waals surface area contributed by atoms with Gasteiger partial charge in [0.15, 0.2) is 5.82 Å². The number of hydrogen-bond donors (Lipinski definition) is 1. The Balaban J connectivity index is 2.53. The van der Waals surface area contributed by atoms with Crippen molar-refractivity contribution in [2.24, 2.45) is 7.05 Å². The van der Waals surface area contributed by atoms with Crippen molar-refractivity contribution in [3.63, 3.8) is 0 Å². The van der Waals surface area contributed by atoms with E-state index in [1.54, 1.807) is 6.33 Å². The zero-order valence-corrected chi connectivity index (χ0v) is 9.19. The molecule has 1 aromatic heterocycles. The molecule has 1 aromatic carbocycles. The summed E-state index contributed by atoms with van der Waals surface area (Å²) in [6.45, 7) is 0. The monoisotopic (exact) mass is 252 g/mol. The fraction of sp³-hybridized carbons (Fsp3) is 0.111. The van der Waals surface area contributed by atoms with E-state index < -0.39 is 0 Å². The van der Waals surface area contributed by atoms with Crippen LogP contribution < -0.4 is 5.73 Å². The first kappa shape index (κ1) is 9.21. The van der Waals surface area contributed by atoms with Crippen LogP contribution >= 0.6 is 15.9 Å². The predicted molar refractivity (Wildman–Crippen MR) is 58.6 cm³/mol. The van der Waals surface area contributed by atoms with Crippen LogP contribution in [0.4, 0.5) is 5.69 Å². The molecule has 0 unspecified atom stereocenters. The van der Waals surface area contributed by atoms with Crippen molar-refractivity contribution in [2.45, 2.75) is 0 Å². The smallest absolute Gasteiger partial charge is 0.163 e. The second-order valence-electron chi connectivity index (χ2n) is 3.00. The van der Waals surface area contributed by atoms with Crippen LogP contribution in [0.25, 0.3) is 11.4 Å². The van der Waals surface area contributed by atoms with Crippen LogP contribution in [0.3, 0.4) is 0 Å². The number of aromatic nitrogens is 3. The first-order valence-electron chi connectivity index (χ1n) is 4.08. The average molecular weight is 253 g/mol. The predicted octanol–water partition coefficient (Wildman–Crippen LogP) is 1.83. The lowest BCUT2D eigenvalue weighted by Gasteiger charge is -2.02. The van der Waals surface area contributed by atoms with Crippen LogP contribution in [-0.2, 0) is 7.05 Å². The third-order valence-corrected chi connectivity index (χ3v) is 2.66. The number of nitrogens with zero attached hydrogens (tertiary/aromatic N) is 3. The molecule has 0 spiro atoms. The normalized spacial score (nSPS) is 10.4. The largest absolute Gasteiger partial charge is 0.398 e. The average Bonchev–Trinajstić information content (AvgIpc) is 2.57. The number of halogens is 1. The van der Waals surface area contributed by atoms with E-state index in [1.807, 2.05) is 29.8 Å². The summed E-state index contributed by atoms with van der Waals surface area (Å²) in [7, 11) is 1.90. The third kappa shape index (κ3) is 1.50. The van der Waals surface area contributed by atoms with E-state index in [9.17, 15) is 0 Å². The molecule has 72 valence electrons. The summed E-state index contributed by atoms with van der Waals surface area (Å²) in [6.07, 6.45) is 1.67. The second-order valence-corrected chi connectivity index (χ2v) is 3.86. The Bertz CT molecular complexity index is 464. The minimum Gasteiger partial charge on any atom is -0.398 e. The molecule has 1 heterocycles. The summed E-state index contributed by atoms with van der Waals surface area (Å²) in [5.74, 6) is 0.825. The van der Waals surface area contributed by atoms with Gasteiger partial charge in [0.2, 0.25) is 0 Å². The van der Waals surface area contributed by atoms with Gasteiger partial charge in [-0.15, -0.1) is 10.2 Å². The van der Waals surface area contributed by atoms with Crippen molar-refractivity contribution >= 4 is 21.6 Å². The van der Waals surface area contributed by atoms with Gasteiger partial charge < -0.3 is 10.3 Å². The SMILES string of the molecule is Cn1cnnc1-c1ccc(N)c(Br)c1. The van der Waals surface area contributed by atoms with E-state index in [2.05, 4.69) is 26.1 Å². The summed E-state index contributed by atoms with van der Waals surface area (Å²) in [4.78, 5) is 0. The molecule has 0 aliphatic rings. The molecule has 2 aromatic rings. The standard InChI is InChI=1S/C9H9BrN4/c1-14-5-12-13-9(14)6-2-3-8(11)7(10)4-6/h2-5H,11H2,1H3. The summed E-state index contributed by atoms with van der Waals surface area (Å²) < 4.78 is 2.73. The Kier molecular flexibility index (Phi) is 2.25. The van der Waals surface area contributed by atoms with Gasteiger partial charge in [-0.3, -0.25) is 0 Å². The van der Waals surface area contributed by atoms with Crippen LogP contribution in [-0.4, -0.2) is 14.8 Å². The highest BCUT2D eigenvalue weighted by Crippen LogP contribution is 2.25. The number of rotatable bonds is 1. The molecule has 2 rings (SSSR count). The van der Waals surface area contributed by atoms with E-state index in [0.717, 1.165) is 21.5 Å². The molecule has 0 aliphatic carbocycles. The van der Waals surface area contributed by atoms with Gasteiger partial charge in [-0.05, 0) is 34.1 Å². The Morgan fingerprint density at radius 3 is 2.79 bits per heavy atom. The van der Waals surface area contributed by atoms with Crippen LogP contribution in [0.5, 0.6) is 0 Å². The van der Waals surface area contributed by atoms with E-state index in [-0.39, 0.29) is 0 Å². The van der Waals surface area contributed by atoms with Gasteiger partial charge in [-0.2, -0.15) is 0 Å². The Morgan fingerprint density at radius 1 is 1.43 bits per heavy atom. The number of benzene rings is 1. The topological polar surface area (TPSA) is 56.7 Å². The molecule has 0 saturated heterocycles. The van der Waals surface area contributed by atoms with Crippen molar-refractivity contribution in [1.82, 2.24) is 14.8 Å². The Labute approximate surface area is 89.9 Å². The summed E-state index contributed by atoms with van der Waals surface area (Å²) >= 11 is 3.37. The minimum absolute atomic E-state index is 0.718. The Hall–Kier alpha value is -1.36. The molecule has 0 saturated carbocycles. The van der Waals surface area contributed by atoms with Crippen molar-refractivity contribution in [3.05, 3.63) is 29.0 Å². The maximum Gasteiger partial charge on any atom is 0.163 e. The molecular weight excluding hydrogens is 244 g/mol. The number of anilines is 1. The zero-order valence-electron chi connectivity index (χ0n) is 7.61. The van der Waals surface area contributed by atoms with E-state index in [4.69, 9.17) is 5.73 Å². The van der Waals surface area contributed by atoms with E-state index >= 15 is 0 Å². The molecule has 0 bridgehead atoms. The van der Waals surface area contributed by atoms with Gasteiger partial charge in [0.05, 0.1) is 0 Å². The molecular formula is C9H9BrN4. The van der Waals surface area contributed by atoms with Gasteiger partial charge in [0.1, 0.15) is 6.33 Å². The maximum absolute atomic E-state index is 5.69. The molecule has 2 N–H and O–H groups in total. The molecule has 0 atom stereocenters. The van der Waals surface area contributed by atoms with Crippen molar-refractivity contribution in [1.29, 1.82) is 0 Å². The number of nitrogen functional groups attached to an aromatic ring is 1. The van der Waals surface area contributed by atoms with Gasteiger partial charge in [0.25, 0.3) is 0 Å². The van der Waals surface area contributed by atoms with Gasteiger partial charge in [0, 0.05) is 22.8 Å². The second kappa shape index (κ2) is 3.42. The lowest BCUT2D eigenvalue weighted by molar-refractivity contribution is 0.919. The Morgan fingerprint density at radius 2 is 2.21 bits per heavy atom. The highest BCUT2D eigenvalue weighted by molar-refractivity contribution is 9.10. The molecule has 5 heteroatoms. The molecule has 0 fully saturated rings. The zero-order chi connectivity index (χ0) is 10.1. The quantitative estimate of drug-likeness (QED) is 0.789. The highest BCUT2D eigenvalue weighted by atomic mass is 79.9. The molecule has 0 amide bonds. The van der Waals surface area contributed by atoms with Gasteiger partial charge in [-0.1, -0.05) is 0 Å². The lowest BCUT2D eigenvalue weighted by atomic mass is 10.2. The van der Waals surface area contributed by atoms with Crippen LogP contribution in [0, 0.1) is 0 Å². The van der Waals surface area contributed by atoms with Crippen molar-refractivity contribution in [3.8, 4) is 11.4 Å². The number of nitrogens with two attached hydrogens (primary N) is 1. The van der Waals surface area contributed by atoms with E-state index in [1.165, 1.54) is 0 Å². The lowest BCUT2D eigenvalue weighted by Crippen LogP contribution is -1.92. The van der Waals surface area contributed by atoms with E-state index in [0.29, 0.717) is 0 Å². The molecule has 14 heavy (non-hydrogen) atoms.